The highest BCUT2D eigenvalue weighted by Crippen LogP contribution is 2.58. The van der Waals surface area contributed by atoms with Crippen LogP contribution in [0.4, 0.5) is 4.39 Å². The maximum atomic E-state index is 15.3. The van der Waals surface area contributed by atoms with E-state index in [1.807, 2.05) is 56.3 Å². The summed E-state index contributed by atoms with van der Waals surface area (Å²) in [6, 6.07) is 20.5. The summed E-state index contributed by atoms with van der Waals surface area (Å²) in [5.74, 6) is -2.72. The van der Waals surface area contributed by atoms with E-state index in [1.165, 1.54) is 6.07 Å². The first kappa shape index (κ1) is 28.3. The number of nitrogens with one attached hydrogen (secondary N) is 1. The molecule has 1 saturated carbocycles. The first-order chi connectivity index (χ1) is 19.8. The van der Waals surface area contributed by atoms with Crippen LogP contribution in [0.3, 0.4) is 0 Å². The summed E-state index contributed by atoms with van der Waals surface area (Å²) < 4.78 is 15.3. The lowest BCUT2D eigenvalue weighted by molar-refractivity contribution is -0.131. The van der Waals surface area contributed by atoms with E-state index in [1.54, 1.807) is 35.2 Å². The first-order valence-electron chi connectivity index (χ1n) is 14.2. The summed E-state index contributed by atoms with van der Waals surface area (Å²) in [4.78, 5) is 43.3. The van der Waals surface area contributed by atoms with Crippen molar-refractivity contribution in [3.8, 4) is 0 Å². The van der Waals surface area contributed by atoms with Gasteiger partial charge in [-0.3, -0.25) is 14.4 Å². The Morgan fingerprint density at radius 1 is 1.10 bits per heavy atom. The molecule has 3 amide bonds. The molecule has 2 unspecified atom stereocenters. The summed E-state index contributed by atoms with van der Waals surface area (Å²) in [7, 11) is 0. The fraction of sp³-hybridized carbons (Fsp3) is 0.324. The van der Waals surface area contributed by atoms with Gasteiger partial charge in [0.25, 0.3) is 11.8 Å². The highest BCUT2D eigenvalue weighted by Gasteiger charge is 2.62. The lowest BCUT2D eigenvalue weighted by atomic mass is 9.57. The summed E-state index contributed by atoms with van der Waals surface area (Å²) in [6.45, 7) is 7.97. The van der Waals surface area contributed by atoms with Crippen LogP contribution in [0, 0.1) is 11.7 Å². The van der Waals surface area contributed by atoms with Crippen molar-refractivity contribution in [3.63, 3.8) is 0 Å². The van der Waals surface area contributed by atoms with Gasteiger partial charge in [0.05, 0.1) is 11.6 Å². The molecule has 3 aromatic carbocycles. The molecule has 1 aliphatic heterocycles. The first-order valence-corrected chi connectivity index (χ1v) is 14.2. The monoisotopic (exact) mass is 553 g/mol. The van der Waals surface area contributed by atoms with Crippen LogP contribution in [0.5, 0.6) is 0 Å². The van der Waals surface area contributed by atoms with Crippen LogP contribution in [-0.2, 0) is 10.2 Å². The van der Waals surface area contributed by atoms with Gasteiger partial charge >= 0.3 is 0 Å². The summed E-state index contributed by atoms with van der Waals surface area (Å²) in [6.07, 6.45) is 3.88. The van der Waals surface area contributed by atoms with E-state index >= 15 is 9.18 Å². The molecule has 41 heavy (non-hydrogen) atoms. The number of amides is 3. The Balaban J connectivity index is 1.81. The van der Waals surface area contributed by atoms with Gasteiger partial charge in [-0.2, -0.15) is 0 Å². The highest BCUT2D eigenvalue weighted by atomic mass is 19.1. The summed E-state index contributed by atoms with van der Waals surface area (Å²) >= 11 is 0. The Kier molecular flexibility index (Phi) is 7.80. The van der Waals surface area contributed by atoms with Crippen molar-refractivity contribution in [2.24, 2.45) is 11.7 Å². The number of carbonyl (C=O) groups is 3. The molecule has 0 spiro atoms. The lowest BCUT2D eigenvalue weighted by Gasteiger charge is -2.52. The second kappa shape index (κ2) is 11.3. The zero-order chi connectivity index (χ0) is 29.3. The number of primary amides is 1. The van der Waals surface area contributed by atoms with Crippen molar-refractivity contribution >= 4 is 17.7 Å². The van der Waals surface area contributed by atoms with E-state index in [4.69, 9.17) is 5.73 Å². The number of benzene rings is 3. The van der Waals surface area contributed by atoms with Gasteiger partial charge in [-0.05, 0) is 60.9 Å². The Hall–Kier alpha value is -4.26. The predicted octanol–water partition coefficient (Wildman–Crippen LogP) is 5.65. The smallest absolute Gasteiger partial charge is 0.254 e. The molecule has 0 aromatic heterocycles. The SMILES string of the molecule is C=CCN1C(=O)c2ccccc2C(C(=O)N[C@@H](CC)c2ccccc2)([C@H](c2cccc(F)c2C(N)=O)C2CC2)C1C. The van der Waals surface area contributed by atoms with Gasteiger partial charge in [0.15, 0.2) is 0 Å². The molecule has 1 heterocycles. The van der Waals surface area contributed by atoms with Gasteiger partial charge in [-0.15, -0.1) is 6.58 Å². The van der Waals surface area contributed by atoms with Gasteiger partial charge in [-0.25, -0.2) is 4.39 Å². The van der Waals surface area contributed by atoms with Crippen LogP contribution in [0.25, 0.3) is 0 Å². The van der Waals surface area contributed by atoms with E-state index in [9.17, 15) is 9.59 Å². The van der Waals surface area contributed by atoms with Gasteiger partial charge in [-0.1, -0.05) is 73.7 Å². The van der Waals surface area contributed by atoms with E-state index in [2.05, 4.69) is 11.9 Å². The normalized spacial score (nSPS) is 21.5. The fourth-order valence-corrected chi connectivity index (χ4v) is 6.84. The third-order valence-electron chi connectivity index (χ3n) is 8.82. The Bertz CT molecular complexity index is 1490. The number of fused-ring (bicyclic) bond motifs is 1. The molecule has 3 aromatic rings. The highest BCUT2D eigenvalue weighted by molar-refractivity contribution is 6.04. The topological polar surface area (TPSA) is 92.5 Å². The average molecular weight is 554 g/mol. The molecule has 0 radical (unpaired) electrons. The molecule has 7 heteroatoms. The molecule has 0 saturated heterocycles. The van der Waals surface area contributed by atoms with E-state index < -0.39 is 29.1 Å². The van der Waals surface area contributed by atoms with Crippen LogP contribution in [-0.4, -0.2) is 35.2 Å². The molecule has 0 bridgehead atoms. The molecule has 2 aliphatic rings. The van der Waals surface area contributed by atoms with Crippen molar-refractivity contribution in [2.45, 2.75) is 56.5 Å². The van der Waals surface area contributed by atoms with E-state index in [0.29, 0.717) is 23.1 Å². The standard InChI is InChI=1S/C34H36FN3O3/c1-4-20-38-21(3)34(26-16-10-9-14-24(26)32(38)40,33(41)37-28(5-2)22-12-7-6-8-13-22)30(23-18-19-23)25-15-11-17-27(35)29(25)31(36)39/h4,6-17,21,23,28,30H,1,5,18-20H2,2-3H3,(H2,36,39)(H,37,41)/t21?,28-,30-,34?/m0/s1. The van der Waals surface area contributed by atoms with E-state index in [-0.39, 0.29) is 35.9 Å². The fourth-order valence-electron chi connectivity index (χ4n) is 6.84. The van der Waals surface area contributed by atoms with Gasteiger partial charge < -0.3 is 16.0 Å². The summed E-state index contributed by atoms with van der Waals surface area (Å²) in [5.41, 5.74) is 6.57. The molecule has 1 aliphatic carbocycles. The minimum absolute atomic E-state index is 0.0215. The van der Waals surface area contributed by atoms with Crippen LogP contribution in [0.2, 0.25) is 0 Å². The van der Waals surface area contributed by atoms with Crippen molar-refractivity contribution in [2.75, 3.05) is 6.54 Å². The third kappa shape index (κ3) is 4.73. The molecule has 212 valence electrons. The van der Waals surface area contributed by atoms with Crippen LogP contribution in [0.15, 0.2) is 85.5 Å². The second-order valence-electron chi connectivity index (χ2n) is 11.1. The molecule has 4 atom stereocenters. The lowest BCUT2D eigenvalue weighted by Crippen LogP contribution is -2.65. The number of nitrogens with zero attached hydrogens (tertiary/aromatic N) is 1. The summed E-state index contributed by atoms with van der Waals surface area (Å²) in [5, 5.41) is 3.33. The third-order valence-corrected chi connectivity index (χ3v) is 8.82. The van der Waals surface area contributed by atoms with Crippen LogP contribution in [0.1, 0.15) is 82.5 Å². The van der Waals surface area contributed by atoms with Gasteiger partial charge in [0.1, 0.15) is 11.2 Å². The minimum Gasteiger partial charge on any atom is -0.365 e. The van der Waals surface area contributed by atoms with Gasteiger partial charge in [0, 0.05) is 24.1 Å². The average Bonchev–Trinajstić information content (AvgIpc) is 3.81. The number of hydrogen-bond acceptors (Lipinski definition) is 3. The van der Waals surface area contributed by atoms with Crippen molar-refractivity contribution < 1.29 is 18.8 Å². The van der Waals surface area contributed by atoms with E-state index in [0.717, 1.165) is 18.4 Å². The number of rotatable bonds is 10. The predicted molar refractivity (Wildman–Crippen MR) is 157 cm³/mol. The largest absolute Gasteiger partial charge is 0.365 e. The zero-order valence-corrected chi connectivity index (χ0v) is 23.5. The molecular weight excluding hydrogens is 517 g/mol. The molecule has 3 N–H and O–H groups in total. The van der Waals surface area contributed by atoms with Crippen molar-refractivity contribution in [3.05, 3.63) is 119 Å². The van der Waals surface area contributed by atoms with Crippen LogP contribution < -0.4 is 11.1 Å². The van der Waals surface area contributed by atoms with Crippen molar-refractivity contribution in [1.82, 2.24) is 10.2 Å². The Morgan fingerprint density at radius 3 is 2.41 bits per heavy atom. The molecule has 6 nitrogen and oxygen atoms in total. The number of carbonyl (C=O) groups excluding carboxylic acids is 3. The maximum Gasteiger partial charge on any atom is 0.254 e. The quantitative estimate of drug-likeness (QED) is 0.318. The second-order valence-corrected chi connectivity index (χ2v) is 11.1. The molecular formula is C34H36FN3O3. The van der Waals surface area contributed by atoms with Crippen LogP contribution >= 0.6 is 0 Å². The van der Waals surface area contributed by atoms with Crippen molar-refractivity contribution in [1.29, 1.82) is 0 Å². The zero-order valence-electron chi connectivity index (χ0n) is 23.5. The maximum absolute atomic E-state index is 15.3. The molecule has 1 fully saturated rings. The number of nitrogens with two attached hydrogens (primary N) is 1. The minimum atomic E-state index is -1.35. The molecule has 5 rings (SSSR count). The Labute approximate surface area is 240 Å². The van der Waals surface area contributed by atoms with Gasteiger partial charge in [0.2, 0.25) is 5.91 Å². The Morgan fingerprint density at radius 2 is 1.78 bits per heavy atom. The number of hydrogen-bond donors (Lipinski definition) is 2. The number of halogens is 1.